The van der Waals surface area contributed by atoms with E-state index in [1.807, 2.05) is 11.9 Å². The standard InChI is InChI=1S/C12H22N2O2/c1-5-12(2,3)14(4)11(16)9-6-7-10(15)13-8-9/h9H,5-8H2,1-4H3,(H,13,15). The summed E-state index contributed by atoms with van der Waals surface area (Å²) in [6.07, 6.45) is 2.07. The molecule has 2 amide bonds. The van der Waals surface area contributed by atoms with Crippen LogP contribution in [-0.2, 0) is 9.59 Å². The smallest absolute Gasteiger partial charge is 0.227 e. The van der Waals surface area contributed by atoms with E-state index in [0.29, 0.717) is 19.4 Å². The van der Waals surface area contributed by atoms with Gasteiger partial charge in [0.2, 0.25) is 11.8 Å². The molecule has 0 aromatic rings. The van der Waals surface area contributed by atoms with Crippen LogP contribution in [0.3, 0.4) is 0 Å². The van der Waals surface area contributed by atoms with Gasteiger partial charge in [-0.15, -0.1) is 0 Å². The maximum atomic E-state index is 12.2. The average molecular weight is 226 g/mol. The minimum atomic E-state index is -0.113. The molecule has 92 valence electrons. The zero-order chi connectivity index (χ0) is 12.3. The van der Waals surface area contributed by atoms with E-state index in [4.69, 9.17) is 0 Å². The van der Waals surface area contributed by atoms with Crippen molar-refractivity contribution in [3.8, 4) is 0 Å². The van der Waals surface area contributed by atoms with Crippen molar-refractivity contribution in [1.29, 1.82) is 0 Å². The predicted molar refractivity (Wildman–Crippen MR) is 62.9 cm³/mol. The third kappa shape index (κ3) is 2.74. The number of rotatable bonds is 3. The van der Waals surface area contributed by atoms with Gasteiger partial charge in [0.05, 0.1) is 5.92 Å². The fraction of sp³-hybridized carbons (Fsp3) is 0.833. The Kier molecular flexibility index (Phi) is 3.94. The topological polar surface area (TPSA) is 49.4 Å². The van der Waals surface area contributed by atoms with Gasteiger partial charge in [-0.05, 0) is 26.7 Å². The minimum Gasteiger partial charge on any atom is -0.355 e. The molecule has 1 fully saturated rings. The monoisotopic (exact) mass is 226 g/mol. The van der Waals surface area contributed by atoms with Crippen molar-refractivity contribution in [1.82, 2.24) is 10.2 Å². The summed E-state index contributed by atoms with van der Waals surface area (Å²) in [5.41, 5.74) is -0.113. The van der Waals surface area contributed by atoms with Crippen LogP contribution in [0.15, 0.2) is 0 Å². The van der Waals surface area contributed by atoms with E-state index in [0.717, 1.165) is 6.42 Å². The van der Waals surface area contributed by atoms with Crippen molar-refractivity contribution in [2.75, 3.05) is 13.6 Å². The molecule has 1 unspecified atom stereocenters. The molecule has 0 bridgehead atoms. The number of hydrogen-bond acceptors (Lipinski definition) is 2. The Labute approximate surface area is 97.4 Å². The molecule has 0 aromatic carbocycles. The summed E-state index contributed by atoms with van der Waals surface area (Å²) >= 11 is 0. The first-order valence-electron chi connectivity index (χ1n) is 5.93. The van der Waals surface area contributed by atoms with Gasteiger partial charge in [-0.3, -0.25) is 9.59 Å². The molecule has 0 aromatic heterocycles. The summed E-state index contributed by atoms with van der Waals surface area (Å²) in [6, 6.07) is 0. The van der Waals surface area contributed by atoms with Crippen LogP contribution >= 0.6 is 0 Å². The molecular weight excluding hydrogens is 204 g/mol. The maximum Gasteiger partial charge on any atom is 0.227 e. The number of nitrogens with one attached hydrogen (secondary N) is 1. The summed E-state index contributed by atoms with van der Waals surface area (Å²) in [6.45, 7) is 6.69. The molecular formula is C12H22N2O2. The number of carbonyl (C=O) groups excluding carboxylic acids is 2. The summed E-state index contributed by atoms with van der Waals surface area (Å²) in [4.78, 5) is 25.0. The molecule has 1 N–H and O–H groups in total. The highest BCUT2D eigenvalue weighted by atomic mass is 16.2. The van der Waals surface area contributed by atoms with Gasteiger partial charge < -0.3 is 10.2 Å². The number of nitrogens with zero attached hydrogens (tertiary/aromatic N) is 1. The molecule has 16 heavy (non-hydrogen) atoms. The fourth-order valence-corrected chi connectivity index (χ4v) is 1.75. The molecule has 1 heterocycles. The summed E-state index contributed by atoms with van der Waals surface area (Å²) < 4.78 is 0. The second-order valence-corrected chi connectivity index (χ2v) is 5.10. The lowest BCUT2D eigenvalue weighted by Gasteiger charge is -2.38. The van der Waals surface area contributed by atoms with E-state index in [1.54, 1.807) is 0 Å². The van der Waals surface area contributed by atoms with Crippen molar-refractivity contribution in [2.45, 2.75) is 45.6 Å². The minimum absolute atomic E-state index is 0.0477. The fourth-order valence-electron chi connectivity index (χ4n) is 1.75. The Morgan fingerprint density at radius 2 is 2.19 bits per heavy atom. The number of carbonyl (C=O) groups is 2. The quantitative estimate of drug-likeness (QED) is 0.785. The van der Waals surface area contributed by atoms with Gasteiger partial charge in [0.25, 0.3) is 0 Å². The van der Waals surface area contributed by atoms with Gasteiger partial charge in [-0.25, -0.2) is 0 Å². The van der Waals surface area contributed by atoms with Crippen LogP contribution < -0.4 is 5.32 Å². The molecule has 1 atom stereocenters. The molecule has 0 aliphatic carbocycles. The molecule has 0 spiro atoms. The summed E-state index contributed by atoms with van der Waals surface area (Å²) in [5, 5.41) is 2.75. The molecule has 1 aliphatic rings. The van der Waals surface area contributed by atoms with Crippen LogP contribution in [0.4, 0.5) is 0 Å². The van der Waals surface area contributed by atoms with Crippen molar-refractivity contribution >= 4 is 11.8 Å². The van der Waals surface area contributed by atoms with E-state index in [-0.39, 0.29) is 23.3 Å². The van der Waals surface area contributed by atoms with E-state index >= 15 is 0 Å². The van der Waals surface area contributed by atoms with Crippen molar-refractivity contribution in [3.05, 3.63) is 0 Å². The van der Waals surface area contributed by atoms with E-state index < -0.39 is 0 Å². The van der Waals surface area contributed by atoms with Crippen LogP contribution in [0, 0.1) is 5.92 Å². The van der Waals surface area contributed by atoms with E-state index in [1.165, 1.54) is 0 Å². The third-order valence-electron chi connectivity index (χ3n) is 3.72. The lowest BCUT2D eigenvalue weighted by atomic mass is 9.93. The SMILES string of the molecule is CCC(C)(C)N(C)C(=O)C1CCC(=O)NC1. The number of piperidine rings is 1. The van der Waals surface area contributed by atoms with E-state index in [9.17, 15) is 9.59 Å². The second kappa shape index (κ2) is 4.85. The van der Waals surface area contributed by atoms with Crippen molar-refractivity contribution < 1.29 is 9.59 Å². The zero-order valence-corrected chi connectivity index (χ0v) is 10.7. The first kappa shape index (κ1) is 13.0. The van der Waals surface area contributed by atoms with Crippen LogP contribution in [0.1, 0.15) is 40.0 Å². The molecule has 1 aliphatic heterocycles. The molecule has 0 saturated carbocycles. The number of hydrogen-bond donors (Lipinski definition) is 1. The first-order chi connectivity index (χ1) is 7.38. The Hall–Kier alpha value is -1.06. The van der Waals surface area contributed by atoms with Gasteiger partial charge in [0, 0.05) is 25.6 Å². The Balaban J connectivity index is 2.61. The summed E-state index contributed by atoms with van der Waals surface area (Å²) in [5.74, 6) is 0.154. The predicted octanol–water partition coefficient (Wildman–Crippen LogP) is 1.16. The van der Waals surface area contributed by atoms with Gasteiger partial charge in [0.15, 0.2) is 0 Å². The Morgan fingerprint density at radius 1 is 1.56 bits per heavy atom. The summed E-state index contributed by atoms with van der Waals surface area (Å²) in [7, 11) is 1.85. The van der Waals surface area contributed by atoms with E-state index in [2.05, 4.69) is 26.1 Å². The molecule has 4 heteroatoms. The van der Waals surface area contributed by atoms with Gasteiger partial charge in [-0.2, -0.15) is 0 Å². The van der Waals surface area contributed by atoms with Crippen molar-refractivity contribution in [2.24, 2.45) is 5.92 Å². The van der Waals surface area contributed by atoms with Gasteiger partial charge >= 0.3 is 0 Å². The first-order valence-corrected chi connectivity index (χ1v) is 5.93. The zero-order valence-electron chi connectivity index (χ0n) is 10.7. The number of amides is 2. The highest BCUT2D eigenvalue weighted by molar-refractivity contribution is 5.84. The normalized spacial score (nSPS) is 21.5. The third-order valence-corrected chi connectivity index (χ3v) is 3.72. The lowest BCUT2D eigenvalue weighted by molar-refractivity contribution is -0.140. The van der Waals surface area contributed by atoms with Crippen LogP contribution in [0.2, 0.25) is 0 Å². The van der Waals surface area contributed by atoms with Crippen LogP contribution in [-0.4, -0.2) is 35.8 Å². The largest absolute Gasteiger partial charge is 0.355 e. The van der Waals surface area contributed by atoms with Crippen LogP contribution in [0.5, 0.6) is 0 Å². The Bertz CT molecular complexity index is 277. The molecule has 1 rings (SSSR count). The average Bonchev–Trinajstić information content (AvgIpc) is 2.28. The molecule has 4 nitrogen and oxygen atoms in total. The van der Waals surface area contributed by atoms with Crippen molar-refractivity contribution in [3.63, 3.8) is 0 Å². The maximum absolute atomic E-state index is 12.2. The van der Waals surface area contributed by atoms with Gasteiger partial charge in [-0.1, -0.05) is 6.92 Å². The van der Waals surface area contributed by atoms with Crippen LogP contribution in [0.25, 0.3) is 0 Å². The highest BCUT2D eigenvalue weighted by Crippen LogP contribution is 2.21. The van der Waals surface area contributed by atoms with Gasteiger partial charge in [0.1, 0.15) is 0 Å². The molecule has 0 radical (unpaired) electrons. The lowest BCUT2D eigenvalue weighted by Crippen LogP contribution is -2.50. The molecule has 1 saturated heterocycles. The Morgan fingerprint density at radius 3 is 2.62 bits per heavy atom. The second-order valence-electron chi connectivity index (χ2n) is 5.10. The highest BCUT2D eigenvalue weighted by Gasteiger charge is 2.32.